The predicted octanol–water partition coefficient (Wildman–Crippen LogP) is 4.22. The van der Waals surface area contributed by atoms with Crippen LogP contribution in [0, 0.1) is 0 Å². The van der Waals surface area contributed by atoms with Crippen LogP contribution >= 0.6 is 0 Å². The van der Waals surface area contributed by atoms with Crippen LogP contribution in [0.5, 0.6) is 0 Å². The van der Waals surface area contributed by atoms with Crippen LogP contribution in [0.2, 0.25) is 0 Å². The minimum Gasteiger partial charge on any atom is -0.335 e. The molecule has 4 heterocycles. The van der Waals surface area contributed by atoms with Crippen LogP contribution in [0.15, 0.2) is 54.9 Å². The molecule has 0 radical (unpaired) electrons. The molecule has 0 atom stereocenters. The molecule has 1 aliphatic rings. The fourth-order valence-corrected chi connectivity index (χ4v) is 4.23. The molecule has 4 aromatic rings. The molecule has 1 aliphatic heterocycles. The highest BCUT2D eigenvalue weighted by Crippen LogP contribution is 2.32. The molecule has 0 amide bonds. The van der Waals surface area contributed by atoms with Crippen molar-refractivity contribution in [2.45, 2.75) is 31.5 Å². The zero-order valence-electron chi connectivity index (χ0n) is 17.5. The van der Waals surface area contributed by atoms with Crippen LogP contribution in [-0.2, 0) is 12.7 Å². The second-order valence-electron chi connectivity index (χ2n) is 8.34. The molecule has 1 saturated heterocycles. The maximum Gasteiger partial charge on any atom is 0.416 e. The molecule has 5 rings (SSSR count). The summed E-state index contributed by atoms with van der Waals surface area (Å²) >= 11 is 0. The Morgan fingerprint density at radius 1 is 1.06 bits per heavy atom. The number of alkyl halides is 5. The van der Waals surface area contributed by atoms with Crippen molar-refractivity contribution in [3.05, 3.63) is 66.1 Å². The van der Waals surface area contributed by atoms with Gasteiger partial charge in [0.15, 0.2) is 11.6 Å². The third-order valence-corrected chi connectivity index (χ3v) is 6.02. The standard InChI is InChI=1S/C23H20F5N5/c24-22(25)7-10-32(11-8-22)14-18-19-6-1-2-9-33(19)21(31-18)20-29-13-17(30-20)15-4-3-5-16(12-15)23(26,27)28/h1-6,9,12-13H,7-8,10-11,14H2,(H,29,30)/p+1. The smallest absolute Gasteiger partial charge is 0.335 e. The number of hydrogen-bond acceptors (Lipinski definition) is 2. The van der Waals surface area contributed by atoms with Gasteiger partial charge in [0.2, 0.25) is 0 Å². The van der Waals surface area contributed by atoms with Crippen molar-refractivity contribution in [1.29, 1.82) is 0 Å². The minimum absolute atomic E-state index is 0.139. The zero-order chi connectivity index (χ0) is 23.2. The molecule has 10 heteroatoms. The first-order chi connectivity index (χ1) is 15.7. The number of nitrogens with one attached hydrogen (secondary N) is 2. The average molecular weight is 462 g/mol. The van der Waals surface area contributed by atoms with Gasteiger partial charge in [-0.05, 0) is 24.3 Å². The summed E-state index contributed by atoms with van der Waals surface area (Å²) in [5.41, 5.74) is 1.68. The second kappa shape index (κ2) is 7.95. The lowest BCUT2D eigenvalue weighted by Crippen LogP contribution is -3.12. The van der Waals surface area contributed by atoms with E-state index in [-0.39, 0.29) is 12.8 Å². The van der Waals surface area contributed by atoms with Crippen LogP contribution in [0.1, 0.15) is 24.1 Å². The van der Waals surface area contributed by atoms with Crippen molar-refractivity contribution in [2.24, 2.45) is 0 Å². The third kappa shape index (κ3) is 4.35. The SMILES string of the molecule is FC1(F)CC[NH+](Cc2nc(-c3ncc(-c4cccc(C(F)(F)F)c4)[nH]3)n3ccccc23)CC1. The molecule has 33 heavy (non-hydrogen) atoms. The van der Waals surface area contributed by atoms with E-state index in [1.807, 2.05) is 28.8 Å². The largest absolute Gasteiger partial charge is 0.416 e. The van der Waals surface area contributed by atoms with Gasteiger partial charge in [0.1, 0.15) is 12.2 Å². The highest BCUT2D eigenvalue weighted by atomic mass is 19.4. The maximum atomic E-state index is 13.5. The van der Waals surface area contributed by atoms with E-state index >= 15 is 0 Å². The van der Waals surface area contributed by atoms with E-state index in [1.165, 1.54) is 12.3 Å². The Hall–Kier alpha value is -3.27. The molecule has 0 aliphatic carbocycles. The number of aromatic nitrogens is 4. The van der Waals surface area contributed by atoms with Gasteiger partial charge in [-0.25, -0.2) is 18.7 Å². The Labute approximate surface area is 185 Å². The number of likely N-dealkylation sites (tertiary alicyclic amines) is 1. The van der Waals surface area contributed by atoms with Crippen LogP contribution in [0.25, 0.3) is 28.4 Å². The summed E-state index contributed by atoms with van der Waals surface area (Å²) in [6, 6.07) is 10.6. The van der Waals surface area contributed by atoms with Gasteiger partial charge in [-0.1, -0.05) is 18.2 Å². The molecule has 1 fully saturated rings. The number of hydrogen-bond donors (Lipinski definition) is 2. The lowest BCUT2D eigenvalue weighted by Gasteiger charge is -2.28. The normalized spacial score (nSPS) is 17.0. The number of quaternary nitrogens is 1. The van der Waals surface area contributed by atoms with Crippen molar-refractivity contribution in [1.82, 2.24) is 19.4 Å². The van der Waals surface area contributed by atoms with E-state index in [9.17, 15) is 22.0 Å². The van der Waals surface area contributed by atoms with Gasteiger partial charge in [0.05, 0.1) is 48.9 Å². The lowest BCUT2D eigenvalue weighted by molar-refractivity contribution is -0.921. The molecule has 2 N–H and O–H groups in total. The van der Waals surface area contributed by atoms with Crippen LogP contribution in [0.4, 0.5) is 22.0 Å². The maximum absolute atomic E-state index is 13.5. The van der Waals surface area contributed by atoms with Gasteiger partial charge in [0, 0.05) is 11.8 Å². The highest BCUT2D eigenvalue weighted by molar-refractivity contribution is 5.66. The van der Waals surface area contributed by atoms with Crippen molar-refractivity contribution < 1.29 is 26.9 Å². The molecule has 5 nitrogen and oxygen atoms in total. The van der Waals surface area contributed by atoms with Crippen LogP contribution in [-0.4, -0.2) is 38.4 Å². The molecular formula is C23H21F5N5+. The topological polar surface area (TPSA) is 50.4 Å². The number of nitrogens with zero attached hydrogens (tertiary/aromatic N) is 3. The van der Waals surface area contributed by atoms with Crippen LogP contribution < -0.4 is 4.90 Å². The van der Waals surface area contributed by atoms with E-state index in [2.05, 4.69) is 9.97 Å². The molecule has 3 aromatic heterocycles. The summed E-state index contributed by atoms with van der Waals surface area (Å²) in [5, 5.41) is 0. The van der Waals surface area contributed by atoms with Crippen molar-refractivity contribution in [2.75, 3.05) is 13.1 Å². The van der Waals surface area contributed by atoms with E-state index in [0.717, 1.165) is 28.2 Å². The second-order valence-corrected chi connectivity index (χ2v) is 8.34. The number of piperidine rings is 1. The van der Waals surface area contributed by atoms with E-state index < -0.39 is 17.7 Å². The summed E-state index contributed by atoms with van der Waals surface area (Å²) in [6.45, 7) is 1.24. The summed E-state index contributed by atoms with van der Waals surface area (Å²) in [4.78, 5) is 13.2. The van der Waals surface area contributed by atoms with Crippen molar-refractivity contribution >= 4 is 5.52 Å². The average Bonchev–Trinajstić information content (AvgIpc) is 3.40. The fourth-order valence-electron chi connectivity index (χ4n) is 4.23. The summed E-state index contributed by atoms with van der Waals surface area (Å²) in [6.07, 6.45) is -1.41. The Balaban J connectivity index is 1.46. The van der Waals surface area contributed by atoms with Gasteiger partial charge in [-0.3, -0.25) is 4.40 Å². The molecule has 0 saturated carbocycles. The molecule has 0 spiro atoms. The molecule has 1 aromatic carbocycles. The number of pyridine rings is 1. The predicted molar refractivity (Wildman–Crippen MR) is 112 cm³/mol. The number of imidazole rings is 2. The van der Waals surface area contributed by atoms with E-state index in [1.54, 1.807) is 6.07 Å². The van der Waals surface area contributed by atoms with E-state index in [0.29, 0.717) is 42.5 Å². The van der Waals surface area contributed by atoms with Gasteiger partial charge in [0.25, 0.3) is 5.92 Å². The van der Waals surface area contributed by atoms with Gasteiger partial charge in [-0.15, -0.1) is 0 Å². The number of aromatic amines is 1. The first-order valence-corrected chi connectivity index (χ1v) is 10.6. The fraction of sp³-hybridized carbons (Fsp3) is 0.304. The lowest BCUT2D eigenvalue weighted by atomic mass is 10.1. The Bertz CT molecular complexity index is 1280. The number of fused-ring (bicyclic) bond motifs is 1. The molecule has 0 bridgehead atoms. The quantitative estimate of drug-likeness (QED) is 0.446. The van der Waals surface area contributed by atoms with Crippen LogP contribution in [0.3, 0.4) is 0 Å². The van der Waals surface area contributed by atoms with Gasteiger partial charge < -0.3 is 9.88 Å². The Morgan fingerprint density at radius 3 is 2.61 bits per heavy atom. The first-order valence-electron chi connectivity index (χ1n) is 10.6. The summed E-state index contributed by atoms with van der Waals surface area (Å²) in [5.74, 6) is -1.67. The van der Waals surface area contributed by atoms with Gasteiger partial charge >= 0.3 is 6.18 Å². The summed E-state index contributed by atoms with van der Waals surface area (Å²) in [7, 11) is 0. The molecular weight excluding hydrogens is 441 g/mol. The number of halogens is 5. The molecule has 172 valence electrons. The summed E-state index contributed by atoms with van der Waals surface area (Å²) < 4.78 is 68.1. The Kier molecular flexibility index (Phi) is 5.19. The highest BCUT2D eigenvalue weighted by Gasteiger charge is 2.37. The minimum atomic E-state index is -4.44. The number of benzene rings is 1. The number of rotatable bonds is 4. The van der Waals surface area contributed by atoms with Crippen molar-refractivity contribution in [3.63, 3.8) is 0 Å². The first kappa shape index (κ1) is 21.6. The monoisotopic (exact) mass is 462 g/mol. The Morgan fingerprint density at radius 2 is 1.85 bits per heavy atom. The van der Waals surface area contributed by atoms with Gasteiger partial charge in [-0.2, -0.15) is 13.2 Å². The van der Waals surface area contributed by atoms with E-state index in [4.69, 9.17) is 4.98 Å². The zero-order valence-corrected chi connectivity index (χ0v) is 17.5. The third-order valence-electron chi connectivity index (χ3n) is 6.02. The molecule has 0 unspecified atom stereocenters. The number of H-pyrrole nitrogens is 1. The van der Waals surface area contributed by atoms with Crippen molar-refractivity contribution in [3.8, 4) is 22.9 Å².